The normalized spacial score (nSPS) is 23.2. The molecule has 1 saturated heterocycles. The summed E-state index contributed by atoms with van der Waals surface area (Å²) in [6.45, 7) is 1.20. The highest BCUT2D eigenvalue weighted by atomic mass is 16.5. The van der Waals surface area contributed by atoms with Crippen molar-refractivity contribution in [2.75, 3.05) is 44.1 Å². The minimum Gasteiger partial charge on any atom is -0.396 e. The van der Waals surface area contributed by atoms with E-state index in [1.54, 1.807) is 24.1 Å². The standard InChI is InChI=1S/C18H25N3O4/c1-20-7-5-17(23)19-15-9-12(3-4-16(15)20)18(24)21-11-14(25-2)10-13(21)6-8-22/h3-4,9,13-14,22H,5-8,10-11H2,1-2H3,(H,19,23)/t13-,14+/m1/s1. The summed E-state index contributed by atoms with van der Waals surface area (Å²) in [5.74, 6) is -0.143. The summed E-state index contributed by atoms with van der Waals surface area (Å²) < 4.78 is 5.40. The lowest BCUT2D eigenvalue weighted by Gasteiger charge is -2.25. The molecule has 25 heavy (non-hydrogen) atoms. The fraction of sp³-hybridized carbons (Fsp3) is 0.556. The molecule has 7 heteroatoms. The van der Waals surface area contributed by atoms with Gasteiger partial charge in [0, 0.05) is 51.9 Å². The molecule has 2 N–H and O–H groups in total. The molecule has 0 aliphatic carbocycles. The zero-order chi connectivity index (χ0) is 18.0. The van der Waals surface area contributed by atoms with Crippen LogP contribution in [0.15, 0.2) is 18.2 Å². The maximum Gasteiger partial charge on any atom is 0.254 e. The molecule has 2 aliphatic rings. The molecule has 2 atom stereocenters. The van der Waals surface area contributed by atoms with E-state index in [1.165, 1.54) is 0 Å². The highest BCUT2D eigenvalue weighted by molar-refractivity contribution is 6.01. The molecule has 0 unspecified atom stereocenters. The zero-order valence-electron chi connectivity index (χ0n) is 14.7. The lowest BCUT2D eigenvalue weighted by molar-refractivity contribution is -0.115. The van der Waals surface area contributed by atoms with Gasteiger partial charge < -0.3 is 25.0 Å². The van der Waals surface area contributed by atoms with Crippen LogP contribution in [0.4, 0.5) is 11.4 Å². The maximum absolute atomic E-state index is 13.0. The third kappa shape index (κ3) is 3.62. The smallest absolute Gasteiger partial charge is 0.254 e. The third-order valence-electron chi connectivity index (χ3n) is 5.04. The van der Waals surface area contributed by atoms with E-state index >= 15 is 0 Å². The average molecular weight is 347 g/mol. The number of carbonyl (C=O) groups excluding carboxylic acids is 2. The molecule has 0 spiro atoms. The van der Waals surface area contributed by atoms with E-state index in [0.717, 1.165) is 12.1 Å². The van der Waals surface area contributed by atoms with E-state index < -0.39 is 0 Å². The van der Waals surface area contributed by atoms with Crippen molar-refractivity contribution in [3.8, 4) is 0 Å². The van der Waals surface area contributed by atoms with Crippen LogP contribution in [0.25, 0.3) is 0 Å². The van der Waals surface area contributed by atoms with E-state index in [-0.39, 0.29) is 30.6 Å². The van der Waals surface area contributed by atoms with E-state index in [9.17, 15) is 14.7 Å². The number of amides is 2. The van der Waals surface area contributed by atoms with Gasteiger partial charge in [-0.1, -0.05) is 0 Å². The van der Waals surface area contributed by atoms with Gasteiger partial charge in [0.1, 0.15) is 0 Å². The Morgan fingerprint density at radius 3 is 2.96 bits per heavy atom. The minimum absolute atomic E-state index is 0.00726. The van der Waals surface area contributed by atoms with Gasteiger partial charge in [-0.2, -0.15) is 0 Å². The summed E-state index contributed by atoms with van der Waals surface area (Å²) in [5, 5.41) is 12.2. The largest absolute Gasteiger partial charge is 0.396 e. The molecule has 0 aromatic heterocycles. The lowest BCUT2D eigenvalue weighted by atomic mass is 10.1. The Kier molecular flexibility index (Phi) is 5.24. The van der Waals surface area contributed by atoms with E-state index in [4.69, 9.17) is 4.74 Å². The molecule has 0 saturated carbocycles. The number of fused-ring (bicyclic) bond motifs is 1. The van der Waals surface area contributed by atoms with Crippen LogP contribution in [0.5, 0.6) is 0 Å². The first-order chi connectivity index (χ1) is 12.0. The van der Waals surface area contributed by atoms with Crippen LogP contribution < -0.4 is 10.2 Å². The van der Waals surface area contributed by atoms with Gasteiger partial charge in [-0.15, -0.1) is 0 Å². The fourth-order valence-corrected chi connectivity index (χ4v) is 3.59. The van der Waals surface area contributed by atoms with Gasteiger partial charge in [-0.25, -0.2) is 0 Å². The number of ether oxygens (including phenoxy) is 1. The number of anilines is 2. The molecule has 3 rings (SSSR count). The van der Waals surface area contributed by atoms with E-state index in [1.807, 2.05) is 18.0 Å². The van der Waals surface area contributed by atoms with E-state index in [2.05, 4.69) is 5.32 Å². The Morgan fingerprint density at radius 1 is 1.44 bits per heavy atom. The Morgan fingerprint density at radius 2 is 2.24 bits per heavy atom. The van der Waals surface area contributed by atoms with Gasteiger partial charge in [0.15, 0.2) is 0 Å². The number of likely N-dealkylation sites (tertiary alicyclic amines) is 1. The second kappa shape index (κ2) is 7.41. The number of nitrogens with zero attached hydrogens (tertiary/aromatic N) is 2. The van der Waals surface area contributed by atoms with Gasteiger partial charge >= 0.3 is 0 Å². The average Bonchev–Trinajstić information content (AvgIpc) is 2.96. The Hall–Kier alpha value is -2.12. The monoisotopic (exact) mass is 347 g/mol. The van der Waals surface area contributed by atoms with Crippen molar-refractivity contribution in [3.63, 3.8) is 0 Å². The SMILES string of the molecule is CO[C@H]1C[C@@H](CCO)N(C(=O)c2ccc3c(c2)NC(=O)CCN3C)C1. The number of rotatable bonds is 4. The van der Waals surface area contributed by atoms with Crippen LogP contribution >= 0.6 is 0 Å². The predicted molar refractivity (Wildman–Crippen MR) is 94.9 cm³/mol. The van der Waals surface area contributed by atoms with Crippen LogP contribution in [-0.4, -0.2) is 67.8 Å². The number of carbonyl (C=O) groups is 2. The Balaban J connectivity index is 1.86. The molecular weight excluding hydrogens is 322 g/mol. The first kappa shape index (κ1) is 17.7. The second-order valence-electron chi connectivity index (χ2n) is 6.67. The summed E-state index contributed by atoms with van der Waals surface area (Å²) in [6, 6.07) is 5.39. The van der Waals surface area contributed by atoms with E-state index in [0.29, 0.717) is 37.2 Å². The number of methoxy groups -OCH3 is 1. The summed E-state index contributed by atoms with van der Waals surface area (Å²) >= 11 is 0. The van der Waals surface area contributed by atoms with Crippen molar-refractivity contribution in [1.29, 1.82) is 0 Å². The zero-order valence-corrected chi connectivity index (χ0v) is 14.7. The van der Waals surface area contributed by atoms with Crippen molar-refractivity contribution >= 4 is 23.2 Å². The number of hydrogen-bond donors (Lipinski definition) is 2. The maximum atomic E-state index is 13.0. The van der Waals surface area contributed by atoms with Crippen LogP contribution in [0.2, 0.25) is 0 Å². The van der Waals surface area contributed by atoms with Crippen molar-refractivity contribution in [2.45, 2.75) is 31.4 Å². The second-order valence-corrected chi connectivity index (χ2v) is 6.67. The number of aliphatic hydroxyl groups excluding tert-OH is 1. The number of benzene rings is 1. The lowest BCUT2D eigenvalue weighted by Crippen LogP contribution is -2.36. The summed E-state index contributed by atoms with van der Waals surface area (Å²) in [5.41, 5.74) is 2.11. The van der Waals surface area contributed by atoms with Crippen LogP contribution in [0.3, 0.4) is 0 Å². The molecule has 2 amide bonds. The summed E-state index contributed by atoms with van der Waals surface area (Å²) in [4.78, 5) is 28.6. The summed E-state index contributed by atoms with van der Waals surface area (Å²) in [6.07, 6.45) is 1.69. The molecule has 1 aromatic rings. The Labute approximate surface area is 147 Å². The predicted octanol–water partition coefficient (Wildman–Crippen LogP) is 1.08. The topological polar surface area (TPSA) is 82.1 Å². The quantitative estimate of drug-likeness (QED) is 0.852. The first-order valence-electron chi connectivity index (χ1n) is 8.63. The number of aliphatic hydroxyl groups is 1. The molecule has 2 heterocycles. The molecule has 0 radical (unpaired) electrons. The molecule has 1 fully saturated rings. The van der Waals surface area contributed by atoms with Gasteiger partial charge in [-0.05, 0) is 31.0 Å². The highest BCUT2D eigenvalue weighted by Gasteiger charge is 2.35. The van der Waals surface area contributed by atoms with Crippen LogP contribution in [-0.2, 0) is 9.53 Å². The molecule has 1 aromatic carbocycles. The van der Waals surface area contributed by atoms with Crippen LogP contribution in [0.1, 0.15) is 29.6 Å². The summed E-state index contributed by atoms with van der Waals surface area (Å²) in [7, 11) is 3.57. The highest BCUT2D eigenvalue weighted by Crippen LogP contribution is 2.31. The molecule has 2 aliphatic heterocycles. The molecule has 0 bridgehead atoms. The van der Waals surface area contributed by atoms with Crippen molar-refractivity contribution in [3.05, 3.63) is 23.8 Å². The van der Waals surface area contributed by atoms with Crippen LogP contribution in [0, 0.1) is 0 Å². The fourth-order valence-electron chi connectivity index (χ4n) is 3.59. The number of nitrogens with one attached hydrogen (secondary N) is 1. The van der Waals surface area contributed by atoms with Gasteiger partial charge in [-0.3, -0.25) is 9.59 Å². The molecular formula is C18H25N3O4. The number of hydrogen-bond acceptors (Lipinski definition) is 5. The molecule has 7 nitrogen and oxygen atoms in total. The van der Waals surface area contributed by atoms with Crippen molar-refractivity contribution in [2.24, 2.45) is 0 Å². The third-order valence-corrected chi connectivity index (χ3v) is 5.04. The van der Waals surface area contributed by atoms with Crippen molar-refractivity contribution < 1.29 is 19.4 Å². The van der Waals surface area contributed by atoms with Gasteiger partial charge in [0.05, 0.1) is 17.5 Å². The van der Waals surface area contributed by atoms with Gasteiger partial charge in [0.2, 0.25) is 5.91 Å². The first-order valence-corrected chi connectivity index (χ1v) is 8.63. The van der Waals surface area contributed by atoms with Gasteiger partial charge in [0.25, 0.3) is 5.91 Å². The minimum atomic E-state index is -0.0954. The molecule has 136 valence electrons. The Bertz CT molecular complexity index is 664. The van der Waals surface area contributed by atoms with Crippen molar-refractivity contribution in [1.82, 2.24) is 4.90 Å².